The number of rotatable bonds is 2. The molecule has 0 bridgehead atoms. The Morgan fingerprint density at radius 1 is 1.50 bits per heavy atom. The van der Waals surface area contributed by atoms with Gasteiger partial charge in [0.25, 0.3) is 5.91 Å². The van der Waals surface area contributed by atoms with E-state index in [1.165, 1.54) is 11.3 Å². The van der Waals surface area contributed by atoms with Crippen molar-refractivity contribution in [1.82, 2.24) is 4.98 Å². The maximum absolute atomic E-state index is 11.7. The number of thiazole rings is 1. The topological polar surface area (TPSA) is 42.0 Å². The molecule has 1 amide bonds. The van der Waals surface area contributed by atoms with Gasteiger partial charge in [-0.2, -0.15) is 0 Å². The zero-order valence-corrected chi connectivity index (χ0v) is 11.1. The highest BCUT2D eigenvalue weighted by Gasteiger charge is 2.10. The number of amides is 1. The number of anilines is 1. The number of hydrogen-bond acceptors (Lipinski definition) is 3. The second kappa shape index (κ2) is 4.95. The molecule has 0 spiro atoms. The minimum Gasteiger partial charge on any atom is -0.320 e. The number of halogens is 2. The summed E-state index contributed by atoms with van der Waals surface area (Å²) in [6.45, 7) is 0. The molecular weight excluding hydrogens is 312 g/mol. The van der Waals surface area contributed by atoms with Crippen molar-refractivity contribution >= 4 is 50.5 Å². The Morgan fingerprint density at radius 3 is 3.00 bits per heavy atom. The van der Waals surface area contributed by atoms with Crippen LogP contribution in [-0.4, -0.2) is 10.9 Å². The zero-order chi connectivity index (χ0) is 11.5. The molecule has 0 radical (unpaired) electrons. The molecule has 3 nitrogen and oxygen atoms in total. The summed E-state index contributed by atoms with van der Waals surface area (Å²) in [5.74, 6) is -0.246. The average Bonchev–Trinajstić information content (AvgIpc) is 2.78. The molecule has 2 aromatic rings. The Hall–Kier alpha value is -0.910. The molecule has 6 heteroatoms. The van der Waals surface area contributed by atoms with Gasteiger partial charge in [0.15, 0.2) is 0 Å². The van der Waals surface area contributed by atoms with Crippen molar-refractivity contribution in [2.45, 2.75) is 0 Å². The fourth-order valence-corrected chi connectivity index (χ4v) is 2.18. The van der Waals surface area contributed by atoms with Crippen LogP contribution in [0.1, 0.15) is 10.5 Å². The highest BCUT2D eigenvalue weighted by molar-refractivity contribution is 9.10. The van der Waals surface area contributed by atoms with Gasteiger partial charge in [0.1, 0.15) is 5.69 Å². The lowest BCUT2D eigenvalue weighted by atomic mass is 10.3. The van der Waals surface area contributed by atoms with Gasteiger partial charge >= 0.3 is 0 Å². The molecule has 0 atom stereocenters. The molecule has 0 aliphatic heterocycles. The summed E-state index contributed by atoms with van der Waals surface area (Å²) in [5.41, 5.74) is 2.64. The summed E-state index contributed by atoms with van der Waals surface area (Å²) in [4.78, 5) is 15.6. The van der Waals surface area contributed by atoms with Crippen molar-refractivity contribution < 1.29 is 4.79 Å². The first-order valence-electron chi connectivity index (χ1n) is 4.32. The van der Waals surface area contributed by atoms with Crippen LogP contribution in [0.15, 0.2) is 33.6 Å². The van der Waals surface area contributed by atoms with E-state index >= 15 is 0 Å². The molecule has 0 unspecified atom stereocenters. The largest absolute Gasteiger partial charge is 0.320 e. The van der Waals surface area contributed by atoms with Crippen molar-refractivity contribution in [1.29, 1.82) is 0 Å². The van der Waals surface area contributed by atoms with Crippen LogP contribution in [0.2, 0.25) is 5.02 Å². The summed E-state index contributed by atoms with van der Waals surface area (Å²) in [6, 6.07) is 5.27. The third-order valence-electron chi connectivity index (χ3n) is 1.86. The molecule has 16 heavy (non-hydrogen) atoms. The fourth-order valence-electron chi connectivity index (χ4n) is 1.11. The molecule has 1 N–H and O–H groups in total. The standard InChI is InChI=1S/C10H6BrClN2OS/c11-9-6(12)2-1-3-7(9)14-10(15)8-4-16-5-13-8/h1-5H,(H,14,15). The number of benzene rings is 1. The lowest BCUT2D eigenvalue weighted by Crippen LogP contribution is -2.12. The second-order valence-corrected chi connectivity index (χ2v) is 4.85. The molecule has 0 fully saturated rings. The van der Waals surface area contributed by atoms with Gasteiger partial charge in [0.05, 0.1) is 20.7 Å². The van der Waals surface area contributed by atoms with E-state index in [0.29, 0.717) is 20.9 Å². The van der Waals surface area contributed by atoms with Crippen molar-refractivity contribution in [3.8, 4) is 0 Å². The second-order valence-electron chi connectivity index (χ2n) is 2.93. The molecular formula is C10H6BrClN2OS. The minimum absolute atomic E-state index is 0.246. The van der Waals surface area contributed by atoms with Gasteiger partial charge in [0, 0.05) is 5.38 Å². The number of hydrogen-bond donors (Lipinski definition) is 1. The van der Waals surface area contributed by atoms with E-state index in [1.54, 1.807) is 29.1 Å². The Balaban J connectivity index is 2.22. The fraction of sp³-hybridized carbons (Fsp3) is 0. The van der Waals surface area contributed by atoms with E-state index in [9.17, 15) is 4.79 Å². The molecule has 1 aromatic heterocycles. The van der Waals surface area contributed by atoms with Crippen LogP contribution in [0.5, 0.6) is 0 Å². The Morgan fingerprint density at radius 2 is 2.31 bits per heavy atom. The number of carbonyl (C=O) groups excluding carboxylic acids is 1. The van der Waals surface area contributed by atoms with Gasteiger partial charge in [0.2, 0.25) is 0 Å². The lowest BCUT2D eigenvalue weighted by Gasteiger charge is -2.06. The first-order chi connectivity index (χ1) is 7.68. The van der Waals surface area contributed by atoms with Crippen LogP contribution in [0.25, 0.3) is 0 Å². The van der Waals surface area contributed by atoms with Gasteiger partial charge in [-0.1, -0.05) is 17.7 Å². The van der Waals surface area contributed by atoms with Crippen molar-refractivity contribution in [2.75, 3.05) is 5.32 Å². The van der Waals surface area contributed by atoms with E-state index in [4.69, 9.17) is 11.6 Å². The van der Waals surface area contributed by atoms with E-state index in [2.05, 4.69) is 26.2 Å². The lowest BCUT2D eigenvalue weighted by molar-refractivity contribution is 0.102. The van der Waals surface area contributed by atoms with Crippen LogP contribution in [-0.2, 0) is 0 Å². The van der Waals surface area contributed by atoms with Gasteiger partial charge in [-0.05, 0) is 28.1 Å². The van der Waals surface area contributed by atoms with Crippen molar-refractivity contribution in [2.24, 2.45) is 0 Å². The van der Waals surface area contributed by atoms with Gasteiger partial charge < -0.3 is 5.32 Å². The molecule has 0 aliphatic carbocycles. The first kappa shape index (κ1) is 11.6. The monoisotopic (exact) mass is 316 g/mol. The third kappa shape index (κ3) is 2.42. The van der Waals surface area contributed by atoms with Crippen LogP contribution in [0.4, 0.5) is 5.69 Å². The smallest absolute Gasteiger partial charge is 0.275 e. The normalized spacial score (nSPS) is 10.1. The summed E-state index contributed by atoms with van der Waals surface area (Å²) in [5, 5.41) is 4.97. The molecule has 0 saturated carbocycles. The van der Waals surface area contributed by atoms with E-state index in [0.717, 1.165) is 0 Å². The van der Waals surface area contributed by atoms with Crippen LogP contribution in [0, 0.1) is 0 Å². The summed E-state index contributed by atoms with van der Waals surface area (Å²) < 4.78 is 0.667. The Kier molecular flexibility index (Phi) is 3.58. The van der Waals surface area contributed by atoms with Crippen LogP contribution < -0.4 is 5.32 Å². The molecule has 1 aromatic carbocycles. The molecule has 2 rings (SSSR count). The molecule has 0 saturated heterocycles. The number of nitrogens with one attached hydrogen (secondary N) is 1. The van der Waals surface area contributed by atoms with Crippen LogP contribution in [0.3, 0.4) is 0 Å². The van der Waals surface area contributed by atoms with E-state index < -0.39 is 0 Å². The maximum Gasteiger partial charge on any atom is 0.275 e. The quantitative estimate of drug-likeness (QED) is 0.915. The highest BCUT2D eigenvalue weighted by atomic mass is 79.9. The minimum atomic E-state index is -0.246. The molecule has 82 valence electrons. The number of nitrogens with zero attached hydrogens (tertiary/aromatic N) is 1. The van der Waals surface area contributed by atoms with Gasteiger partial charge in [-0.3, -0.25) is 4.79 Å². The molecule has 1 heterocycles. The summed E-state index contributed by atoms with van der Waals surface area (Å²) >= 11 is 10.6. The predicted molar refractivity (Wildman–Crippen MR) is 69.2 cm³/mol. The van der Waals surface area contributed by atoms with Crippen molar-refractivity contribution in [3.05, 3.63) is 44.3 Å². The SMILES string of the molecule is O=C(Nc1cccc(Cl)c1Br)c1cscn1. The van der Waals surface area contributed by atoms with Crippen molar-refractivity contribution in [3.63, 3.8) is 0 Å². The summed E-state index contributed by atoms with van der Waals surface area (Å²) in [6.07, 6.45) is 0. The van der Waals surface area contributed by atoms with Crippen LogP contribution >= 0.6 is 38.9 Å². The number of aromatic nitrogens is 1. The van der Waals surface area contributed by atoms with E-state index in [-0.39, 0.29) is 5.91 Å². The molecule has 0 aliphatic rings. The average molecular weight is 318 g/mol. The number of carbonyl (C=O) groups is 1. The van der Waals surface area contributed by atoms with E-state index in [1.807, 2.05) is 0 Å². The third-order valence-corrected chi connectivity index (χ3v) is 3.85. The van der Waals surface area contributed by atoms with Gasteiger partial charge in [-0.15, -0.1) is 11.3 Å². The first-order valence-corrected chi connectivity index (χ1v) is 6.43. The predicted octanol–water partition coefficient (Wildman–Crippen LogP) is 3.81. The maximum atomic E-state index is 11.7. The van der Waals surface area contributed by atoms with Gasteiger partial charge in [-0.25, -0.2) is 4.98 Å². The zero-order valence-electron chi connectivity index (χ0n) is 7.91. The Labute approximate surface area is 110 Å². The highest BCUT2D eigenvalue weighted by Crippen LogP contribution is 2.30. The summed E-state index contributed by atoms with van der Waals surface area (Å²) in [7, 11) is 0. The Bertz CT molecular complexity index is 516.